The van der Waals surface area contributed by atoms with E-state index in [4.69, 9.17) is 4.74 Å². The van der Waals surface area contributed by atoms with Crippen molar-refractivity contribution >= 4 is 16.7 Å². The highest BCUT2D eigenvalue weighted by atomic mass is 16.5. The van der Waals surface area contributed by atoms with Crippen LogP contribution in [-0.4, -0.2) is 5.97 Å². The molecule has 1 unspecified atom stereocenters. The van der Waals surface area contributed by atoms with E-state index in [2.05, 4.69) is 38.1 Å². The summed E-state index contributed by atoms with van der Waals surface area (Å²) >= 11 is 0. The van der Waals surface area contributed by atoms with Gasteiger partial charge in [0, 0.05) is 5.39 Å². The van der Waals surface area contributed by atoms with E-state index < -0.39 is 0 Å². The van der Waals surface area contributed by atoms with Crippen molar-refractivity contribution in [2.24, 2.45) is 23.2 Å². The van der Waals surface area contributed by atoms with E-state index in [1.165, 1.54) is 30.2 Å². The molecule has 2 heteroatoms. The largest absolute Gasteiger partial charge is 0.425 e. The molecule has 4 aliphatic carbocycles. The fourth-order valence-corrected chi connectivity index (χ4v) is 6.60. The molecule has 142 valence electrons. The number of hydrogen-bond acceptors (Lipinski definition) is 2. The van der Waals surface area contributed by atoms with Gasteiger partial charge in [-0.1, -0.05) is 44.2 Å². The van der Waals surface area contributed by atoms with Crippen LogP contribution in [0.4, 0.5) is 0 Å². The number of carbonyl (C=O) groups excluding carboxylic acids is 1. The molecular weight excluding hydrogens is 332 g/mol. The maximum atomic E-state index is 13.4. The molecule has 4 saturated carbocycles. The van der Waals surface area contributed by atoms with Crippen LogP contribution in [0.2, 0.25) is 0 Å². The topological polar surface area (TPSA) is 26.3 Å². The zero-order valence-corrected chi connectivity index (χ0v) is 16.5. The van der Waals surface area contributed by atoms with E-state index in [9.17, 15) is 4.79 Å². The number of benzene rings is 2. The van der Waals surface area contributed by atoms with Gasteiger partial charge in [0.2, 0.25) is 0 Å². The first kappa shape index (κ1) is 17.3. The summed E-state index contributed by atoms with van der Waals surface area (Å²) in [7, 11) is 0. The third-order valence-corrected chi connectivity index (χ3v) is 7.73. The van der Waals surface area contributed by atoms with Gasteiger partial charge in [-0.2, -0.15) is 0 Å². The highest BCUT2D eigenvalue weighted by molar-refractivity contribution is 5.93. The zero-order chi connectivity index (χ0) is 18.6. The van der Waals surface area contributed by atoms with Crippen LogP contribution in [0.3, 0.4) is 0 Å². The van der Waals surface area contributed by atoms with Crippen molar-refractivity contribution in [3.05, 3.63) is 42.0 Å². The van der Waals surface area contributed by atoms with Crippen LogP contribution < -0.4 is 4.74 Å². The Bertz CT molecular complexity index is 846. The van der Waals surface area contributed by atoms with Crippen LogP contribution in [0.5, 0.6) is 5.75 Å². The second-order valence-corrected chi connectivity index (χ2v) is 9.60. The standard InChI is InChI=1S/C25H30O2/c1-3-16(2)20-8-9-23(22-7-5-4-6-21(20)22)27-24(26)25-13-17-10-18(14-25)12-19(11-17)15-25/h4-9,16-19H,3,10-15H2,1-2H3. The summed E-state index contributed by atoms with van der Waals surface area (Å²) in [5.41, 5.74) is 1.15. The van der Waals surface area contributed by atoms with Crippen LogP contribution in [0, 0.1) is 23.2 Å². The van der Waals surface area contributed by atoms with Crippen molar-refractivity contribution < 1.29 is 9.53 Å². The van der Waals surface area contributed by atoms with Gasteiger partial charge in [-0.15, -0.1) is 0 Å². The second kappa shape index (κ2) is 6.36. The SMILES string of the molecule is CCC(C)c1ccc(OC(=O)C23CC4CC(CC(C4)C2)C3)c2ccccc12. The molecule has 0 radical (unpaired) electrons. The molecule has 6 rings (SSSR count). The first-order valence-corrected chi connectivity index (χ1v) is 10.8. The molecule has 0 spiro atoms. The zero-order valence-electron chi connectivity index (χ0n) is 16.5. The Kier molecular flexibility index (Phi) is 4.07. The van der Waals surface area contributed by atoms with Crippen molar-refractivity contribution in [1.29, 1.82) is 0 Å². The van der Waals surface area contributed by atoms with Gasteiger partial charge >= 0.3 is 5.97 Å². The molecule has 27 heavy (non-hydrogen) atoms. The van der Waals surface area contributed by atoms with Crippen LogP contribution in [-0.2, 0) is 4.79 Å². The van der Waals surface area contributed by atoms with Crippen LogP contribution in [0.25, 0.3) is 10.8 Å². The summed E-state index contributed by atoms with van der Waals surface area (Å²) in [5.74, 6) is 3.57. The third kappa shape index (κ3) is 2.80. The molecule has 0 amide bonds. The lowest BCUT2D eigenvalue weighted by atomic mass is 9.49. The Morgan fingerprint density at radius 3 is 2.19 bits per heavy atom. The van der Waals surface area contributed by atoms with Crippen molar-refractivity contribution in [3.8, 4) is 5.75 Å². The van der Waals surface area contributed by atoms with Crippen LogP contribution >= 0.6 is 0 Å². The van der Waals surface area contributed by atoms with E-state index in [0.29, 0.717) is 5.92 Å². The normalized spacial score (nSPS) is 32.6. The Morgan fingerprint density at radius 1 is 1.00 bits per heavy atom. The van der Waals surface area contributed by atoms with Gasteiger partial charge in [0.15, 0.2) is 0 Å². The number of hydrogen-bond donors (Lipinski definition) is 0. The van der Waals surface area contributed by atoms with E-state index in [0.717, 1.165) is 54.6 Å². The van der Waals surface area contributed by atoms with Crippen molar-refractivity contribution in [1.82, 2.24) is 0 Å². The first-order valence-electron chi connectivity index (χ1n) is 10.8. The molecule has 0 N–H and O–H groups in total. The predicted molar refractivity (Wildman–Crippen MR) is 109 cm³/mol. The van der Waals surface area contributed by atoms with E-state index >= 15 is 0 Å². The van der Waals surface area contributed by atoms with E-state index in [-0.39, 0.29) is 11.4 Å². The minimum Gasteiger partial charge on any atom is -0.425 e. The highest BCUT2D eigenvalue weighted by Crippen LogP contribution is 2.60. The Hall–Kier alpha value is -1.83. The molecule has 2 aromatic carbocycles. The minimum absolute atomic E-state index is 0.0445. The van der Waals surface area contributed by atoms with Gasteiger partial charge in [0.1, 0.15) is 5.75 Å². The van der Waals surface area contributed by atoms with Crippen LogP contribution in [0.1, 0.15) is 70.3 Å². The number of rotatable bonds is 4. The molecule has 2 aromatic rings. The van der Waals surface area contributed by atoms with Gasteiger partial charge in [-0.05, 0) is 85.6 Å². The lowest BCUT2D eigenvalue weighted by Gasteiger charge is -2.55. The fraction of sp³-hybridized carbons (Fsp3) is 0.560. The van der Waals surface area contributed by atoms with Crippen molar-refractivity contribution in [3.63, 3.8) is 0 Å². The number of fused-ring (bicyclic) bond motifs is 1. The smallest absolute Gasteiger partial charge is 0.317 e. The average molecular weight is 363 g/mol. The number of ether oxygens (including phenoxy) is 1. The molecule has 0 saturated heterocycles. The van der Waals surface area contributed by atoms with Gasteiger partial charge in [0.05, 0.1) is 5.41 Å². The summed E-state index contributed by atoms with van der Waals surface area (Å²) in [5, 5.41) is 2.30. The Labute approximate surface area is 162 Å². The minimum atomic E-state index is -0.203. The monoisotopic (exact) mass is 362 g/mol. The molecule has 2 nitrogen and oxygen atoms in total. The predicted octanol–water partition coefficient (Wildman–Crippen LogP) is 6.48. The number of esters is 1. The lowest BCUT2D eigenvalue weighted by Crippen LogP contribution is -2.51. The Balaban J connectivity index is 1.48. The van der Waals surface area contributed by atoms with Gasteiger partial charge in [-0.3, -0.25) is 4.79 Å². The van der Waals surface area contributed by atoms with E-state index in [1.54, 1.807) is 0 Å². The molecular formula is C25H30O2. The first-order chi connectivity index (χ1) is 13.1. The second-order valence-electron chi connectivity index (χ2n) is 9.60. The summed E-state index contributed by atoms with van der Waals surface area (Å²) < 4.78 is 6.14. The molecule has 1 atom stereocenters. The van der Waals surface area contributed by atoms with Gasteiger partial charge in [0.25, 0.3) is 0 Å². The summed E-state index contributed by atoms with van der Waals surface area (Å²) in [6.07, 6.45) is 8.32. The summed E-state index contributed by atoms with van der Waals surface area (Å²) in [6, 6.07) is 12.6. The fourth-order valence-electron chi connectivity index (χ4n) is 6.60. The number of carbonyl (C=O) groups is 1. The van der Waals surface area contributed by atoms with Crippen LogP contribution in [0.15, 0.2) is 36.4 Å². The third-order valence-electron chi connectivity index (χ3n) is 7.73. The molecule has 4 bridgehead atoms. The lowest BCUT2D eigenvalue weighted by molar-refractivity contribution is -0.161. The maximum Gasteiger partial charge on any atom is 0.317 e. The molecule has 4 fully saturated rings. The highest BCUT2D eigenvalue weighted by Gasteiger charge is 2.55. The molecule has 0 aliphatic heterocycles. The Morgan fingerprint density at radius 2 is 1.59 bits per heavy atom. The van der Waals surface area contributed by atoms with Crippen molar-refractivity contribution in [2.45, 2.75) is 64.7 Å². The molecule has 0 aromatic heterocycles. The van der Waals surface area contributed by atoms with Gasteiger partial charge < -0.3 is 4.74 Å². The maximum absolute atomic E-state index is 13.4. The van der Waals surface area contributed by atoms with Gasteiger partial charge in [-0.25, -0.2) is 0 Å². The molecule has 4 aliphatic rings. The van der Waals surface area contributed by atoms with Crippen molar-refractivity contribution in [2.75, 3.05) is 0 Å². The average Bonchev–Trinajstić information content (AvgIpc) is 2.66. The molecule has 0 heterocycles. The summed E-state index contributed by atoms with van der Waals surface area (Å²) in [4.78, 5) is 13.4. The van der Waals surface area contributed by atoms with E-state index in [1.807, 2.05) is 12.1 Å². The quantitative estimate of drug-likeness (QED) is 0.460. The summed E-state index contributed by atoms with van der Waals surface area (Å²) in [6.45, 7) is 4.49.